The highest BCUT2D eigenvalue weighted by Gasteiger charge is 1.92. The smallest absolute Gasteiger partial charge is 0.0346 e. The molecule has 0 amide bonds. The molecule has 0 spiro atoms. The van der Waals surface area contributed by atoms with Crippen LogP contribution in [0.2, 0.25) is 0 Å². The van der Waals surface area contributed by atoms with E-state index in [1.165, 1.54) is 5.39 Å². The van der Waals surface area contributed by atoms with Crippen LogP contribution >= 0.6 is 15.9 Å². The summed E-state index contributed by atoms with van der Waals surface area (Å²) in [5.74, 6) is 6.24. The minimum absolute atomic E-state index is 0.883. The largest absolute Gasteiger partial charge is 0.264 e. The third kappa shape index (κ3) is 2.57. The summed E-state index contributed by atoms with van der Waals surface area (Å²) in [6.07, 6.45) is 4.55. The second-order valence-electron chi connectivity index (χ2n) is 3.18. The van der Waals surface area contributed by atoms with E-state index >= 15 is 0 Å². The number of benzene rings is 1. The Hall–Kier alpha value is -1.33. The molecule has 0 N–H and O–H groups in total. The fourth-order valence-electron chi connectivity index (χ4n) is 1.37. The van der Waals surface area contributed by atoms with Crippen LogP contribution in [-0.4, -0.2) is 10.3 Å². The number of halogens is 1. The second kappa shape index (κ2) is 4.95. The van der Waals surface area contributed by atoms with Crippen molar-refractivity contribution in [1.82, 2.24) is 4.98 Å². The van der Waals surface area contributed by atoms with Crippen LogP contribution in [-0.2, 0) is 0 Å². The van der Waals surface area contributed by atoms with Crippen molar-refractivity contribution in [3.05, 3.63) is 42.2 Å². The number of rotatable bonds is 1. The number of fused-ring (bicyclic) bond motifs is 1. The number of hydrogen-bond donors (Lipinski definition) is 0. The van der Waals surface area contributed by atoms with Crippen LogP contribution in [0.5, 0.6) is 0 Å². The van der Waals surface area contributed by atoms with Crippen LogP contribution in [0.3, 0.4) is 0 Å². The molecule has 2 rings (SSSR count). The first-order valence-corrected chi connectivity index (χ1v) is 5.91. The molecule has 0 saturated carbocycles. The second-order valence-corrected chi connectivity index (χ2v) is 3.97. The fraction of sp³-hybridized carbons (Fsp3) is 0.154. The molecule has 0 aliphatic carbocycles. The van der Waals surface area contributed by atoms with Gasteiger partial charge in [-0.15, -0.1) is 0 Å². The minimum Gasteiger partial charge on any atom is -0.264 e. The predicted molar refractivity (Wildman–Crippen MR) is 67.0 cm³/mol. The van der Waals surface area contributed by atoms with Crippen molar-refractivity contribution in [2.75, 3.05) is 5.33 Å². The molecule has 1 heterocycles. The standard InChI is InChI=1S/C13H10BrN/c14-7-2-1-3-11-4-5-13-10-15-8-6-12(13)9-11/h4-6,8-10H,2,7H2. The van der Waals surface area contributed by atoms with Gasteiger partial charge in [0.15, 0.2) is 0 Å². The number of alkyl halides is 1. The molecule has 0 bridgehead atoms. The summed E-state index contributed by atoms with van der Waals surface area (Å²) in [5.41, 5.74) is 1.06. The lowest BCUT2D eigenvalue weighted by Gasteiger charge is -1.96. The molecule has 0 aliphatic heterocycles. The Labute approximate surface area is 97.7 Å². The Bertz CT molecular complexity index is 523. The Kier molecular flexibility index (Phi) is 3.37. The summed E-state index contributed by atoms with van der Waals surface area (Å²) in [4.78, 5) is 4.08. The summed E-state index contributed by atoms with van der Waals surface area (Å²) in [6, 6.07) is 8.19. The van der Waals surface area contributed by atoms with E-state index in [4.69, 9.17) is 0 Å². The number of pyridine rings is 1. The van der Waals surface area contributed by atoms with E-state index in [1.807, 2.05) is 18.3 Å². The van der Waals surface area contributed by atoms with Gasteiger partial charge in [0.05, 0.1) is 0 Å². The minimum atomic E-state index is 0.883. The van der Waals surface area contributed by atoms with Gasteiger partial charge in [-0.25, -0.2) is 0 Å². The molecule has 0 radical (unpaired) electrons. The van der Waals surface area contributed by atoms with E-state index in [0.29, 0.717) is 0 Å². The molecule has 1 aromatic carbocycles. The lowest BCUT2D eigenvalue weighted by molar-refractivity contribution is 1.32. The van der Waals surface area contributed by atoms with E-state index in [9.17, 15) is 0 Å². The molecule has 0 unspecified atom stereocenters. The van der Waals surface area contributed by atoms with Gasteiger partial charge < -0.3 is 0 Å². The molecule has 15 heavy (non-hydrogen) atoms. The van der Waals surface area contributed by atoms with E-state index in [1.54, 1.807) is 6.20 Å². The molecule has 0 aliphatic rings. The first-order chi connectivity index (χ1) is 7.40. The molecule has 2 heteroatoms. The molecule has 1 aromatic heterocycles. The first-order valence-electron chi connectivity index (χ1n) is 4.79. The zero-order chi connectivity index (χ0) is 10.5. The highest BCUT2D eigenvalue weighted by molar-refractivity contribution is 9.09. The highest BCUT2D eigenvalue weighted by Crippen LogP contribution is 2.13. The summed E-state index contributed by atoms with van der Waals surface area (Å²) in [7, 11) is 0. The molecule has 0 saturated heterocycles. The van der Waals surface area contributed by atoms with Crippen molar-refractivity contribution >= 4 is 26.7 Å². The van der Waals surface area contributed by atoms with Crippen molar-refractivity contribution in [2.45, 2.75) is 6.42 Å². The van der Waals surface area contributed by atoms with Crippen LogP contribution in [0, 0.1) is 11.8 Å². The van der Waals surface area contributed by atoms with Gasteiger partial charge in [0, 0.05) is 35.1 Å². The lowest BCUT2D eigenvalue weighted by Crippen LogP contribution is -1.78. The summed E-state index contributed by atoms with van der Waals surface area (Å²) < 4.78 is 0. The maximum atomic E-state index is 4.08. The Morgan fingerprint density at radius 2 is 2.13 bits per heavy atom. The van der Waals surface area contributed by atoms with E-state index in [-0.39, 0.29) is 0 Å². The van der Waals surface area contributed by atoms with Gasteiger partial charge in [-0.2, -0.15) is 0 Å². The predicted octanol–water partition coefficient (Wildman–Crippen LogP) is 3.37. The van der Waals surface area contributed by atoms with Crippen molar-refractivity contribution in [3.63, 3.8) is 0 Å². The SMILES string of the molecule is BrCCC#Cc1ccc2cnccc2c1. The van der Waals surface area contributed by atoms with Crippen molar-refractivity contribution < 1.29 is 0 Å². The average Bonchev–Trinajstić information content (AvgIpc) is 2.29. The Morgan fingerprint density at radius 1 is 1.20 bits per heavy atom. The number of aromatic nitrogens is 1. The molecular formula is C13H10BrN. The molecule has 0 fully saturated rings. The van der Waals surface area contributed by atoms with Crippen LogP contribution < -0.4 is 0 Å². The third-order valence-corrected chi connectivity index (χ3v) is 2.49. The average molecular weight is 260 g/mol. The van der Waals surface area contributed by atoms with Crippen molar-refractivity contribution in [2.24, 2.45) is 0 Å². The summed E-state index contributed by atoms with van der Waals surface area (Å²) in [5, 5.41) is 3.27. The zero-order valence-electron chi connectivity index (χ0n) is 8.20. The van der Waals surface area contributed by atoms with E-state index < -0.39 is 0 Å². The summed E-state index contributed by atoms with van der Waals surface area (Å²) in [6.45, 7) is 0. The maximum absolute atomic E-state index is 4.08. The molecule has 2 aromatic rings. The third-order valence-electron chi connectivity index (χ3n) is 2.09. The topological polar surface area (TPSA) is 12.9 Å². The van der Waals surface area contributed by atoms with Crippen LogP contribution in [0.15, 0.2) is 36.7 Å². The van der Waals surface area contributed by atoms with Crippen molar-refractivity contribution in [1.29, 1.82) is 0 Å². The van der Waals surface area contributed by atoms with Gasteiger partial charge in [0.25, 0.3) is 0 Å². The number of nitrogens with zero attached hydrogens (tertiary/aromatic N) is 1. The van der Waals surface area contributed by atoms with Gasteiger partial charge in [0.2, 0.25) is 0 Å². The van der Waals surface area contributed by atoms with E-state index in [2.05, 4.69) is 44.9 Å². The van der Waals surface area contributed by atoms with Gasteiger partial charge in [-0.3, -0.25) is 4.98 Å². The van der Waals surface area contributed by atoms with Gasteiger partial charge >= 0.3 is 0 Å². The monoisotopic (exact) mass is 259 g/mol. The van der Waals surface area contributed by atoms with Crippen molar-refractivity contribution in [3.8, 4) is 11.8 Å². The van der Waals surface area contributed by atoms with Gasteiger partial charge in [-0.1, -0.05) is 33.8 Å². The quantitative estimate of drug-likeness (QED) is 0.566. The van der Waals surface area contributed by atoms with Crippen LogP contribution in [0.1, 0.15) is 12.0 Å². The summed E-state index contributed by atoms with van der Waals surface area (Å²) >= 11 is 3.35. The Morgan fingerprint density at radius 3 is 3.00 bits per heavy atom. The highest BCUT2D eigenvalue weighted by atomic mass is 79.9. The molecule has 0 atom stereocenters. The normalized spacial score (nSPS) is 9.67. The van der Waals surface area contributed by atoms with Crippen LogP contribution in [0.4, 0.5) is 0 Å². The van der Waals surface area contributed by atoms with E-state index in [0.717, 1.165) is 22.7 Å². The lowest BCUT2D eigenvalue weighted by atomic mass is 10.1. The zero-order valence-corrected chi connectivity index (χ0v) is 9.79. The molecular weight excluding hydrogens is 250 g/mol. The Balaban J connectivity index is 2.36. The maximum Gasteiger partial charge on any atom is 0.0346 e. The molecule has 1 nitrogen and oxygen atoms in total. The fourth-order valence-corrected chi connectivity index (χ4v) is 1.57. The molecule has 74 valence electrons. The van der Waals surface area contributed by atoms with Crippen LogP contribution in [0.25, 0.3) is 10.8 Å². The van der Waals surface area contributed by atoms with Gasteiger partial charge in [-0.05, 0) is 23.6 Å². The number of hydrogen-bond acceptors (Lipinski definition) is 1. The van der Waals surface area contributed by atoms with Gasteiger partial charge in [0.1, 0.15) is 0 Å². The first kappa shape index (κ1) is 10.2.